The summed E-state index contributed by atoms with van der Waals surface area (Å²) in [5.74, 6) is -0.238. The Kier molecular flexibility index (Phi) is 3.31. The van der Waals surface area contributed by atoms with Crippen LogP contribution in [0.5, 0.6) is 0 Å². The van der Waals surface area contributed by atoms with Gasteiger partial charge in [0.2, 0.25) is 5.95 Å². The van der Waals surface area contributed by atoms with Crippen LogP contribution < -0.4 is 11.1 Å². The SMILES string of the molecule is Nc1cnc(Nc2c(Cl)cc(F)cc2Cl)nc1. The van der Waals surface area contributed by atoms with Crippen molar-refractivity contribution in [3.8, 4) is 0 Å². The second-order valence-corrected chi connectivity index (χ2v) is 4.02. The van der Waals surface area contributed by atoms with Crippen molar-refractivity contribution in [1.82, 2.24) is 9.97 Å². The van der Waals surface area contributed by atoms with Crippen LogP contribution in [0.15, 0.2) is 24.5 Å². The van der Waals surface area contributed by atoms with Gasteiger partial charge in [-0.15, -0.1) is 0 Å². The number of hydrogen-bond acceptors (Lipinski definition) is 4. The van der Waals surface area contributed by atoms with Crippen molar-refractivity contribution in [3.63, 3.8) is 0 Å². The molecule has 88 valence electrons. The van der Waals surface area contributed by atoms with Gasteiger partial charge in [-0.1, -0.05) is 23.2 Å². The molecular weight excluding hydrogens is 266 g/mol. The van der Waals surface area contributed by atoms with Crippen molar-refractivity contribution in [1.29, 1.82) is 0 Å². The van der Waals surface area contributed by atoms with Crippen LogP contribution in [0.3, 0.4) is 0 Å². The number of nitrogens with zero attached hydrogens (tertiary/aromatic N) is 2. The highest BCUT2D eigenvalue weighted by molar-refractivity contribution is 6.39. The molecule has 3 N–H and O–H groups in total. The molecule has 0 saturated carbocycles. The summed E-state index contributed by atoms with van der Waals surface area (Å²) in [6, 6.07) is 2.29. The standard InChI is InChI=1S/C10H7Cl2FN4/c11-7-1-5(13)2-8(12)9(7)17-10-15-3-6(14)4-16-10/h1-4H,14H2,(H,15,16,17). The summed E-state index contributed by atoms with van der Waals surface area (Å²) in [5, 5.41) is 3.08. The van der Waals surface area contributed by atoms with Gasteiger partial charge in [-0.25, -0.2) is 14.4 Å². The molecule has 0 spiro atoms. The van der Waals surface area contributed by atoms with Crippen molar-refractivity contribution in [3.05, 3.63) is 40.4 Å². The van der Waals surface area contributed by atoms with Gasteiger partial charge in [-0.3, -0.25) is 0 Å². The Morgan fingerprint density at radius 2 is 1.65 bits per heavy atom. The molecule has 2 aromatic rings. The minimum atomic E-state index is -0.510. The minimum Gasteiger partial charge on any atom is -0.396 e. The van der Waals surface area contributed by atoms with Gasteiger partial charge in [0.25, 0.3) is 0 Å². The van der Waals surface area contributed by atoms with Crippen LogP contribution in [0.1, 0.15) is 0 Å². The monoisotopic (exact) mass is 272 g/mol. The third kappa shape index (κ3) is 2.75. The molecule has 0 bridgehead atoms. The Hall–Kier alpha value is -1.59. The van der Waals surface area contributed by atoms with Crippen LogP contribution in [0.2, 0.25) is 10.0 Å². The fourth-order valence-corrected chi connectivity index (χ4v) is 1.73. The number of aromatic nitrogens is 2. The lowest BCUT2D eigenvalue weighted by atomic mass is 10.3. The van der Waals surface area contributed by atoms with Crippen molar-refractivity contribution in [2.45, 2.75) is 0 Å². The highest BCUT2D eigenvalue weighted by Crippen LogP contribution is 2.32. The van der Waals surface area contributed by atoms with Gasteiger partial charge in [-0.05, 0) is 12.1 Å². The number of anilines is 3. The Bertz CT molecular complexity index is 521. The van der Waals surface area contributed by atoms with Crippen molar-refractivity contribution in [2.24, 2.45) is 0 Å². The minimum absolute atomic E-state index is 0.149. The van der Waals surface area contributed by atoms with Gasteiger partial charge >= 0.3 is 0 Å². The van der Waals surface area contributed by atoms with E-state index in [0.29, 0.717) is 11.4 Å². The Balaban J connectivity index is 2.33. The van der Waals surface area contributed by atoms with E-state index in [4.69, 9.17) is 28.9 Å². The lowest BCUT2D eigenvalue weighted by Gasteiger charge is -2.08. The predicted molar refractivity (Wildman–Crippen MR) is 66.1 cm³/mol. The largest absolute Gasteiger partial charge is 0.396 e. The summed E-state index contributed by atoms with van der Waals surface area (Å²) in [6.07, 6.45) is 2.86. The fourth-order valence-electron chi connectivity index (χ4n) is 1.18. The van der Waals surface area contributed by atoms with E-state index in [-0.39, 0.29) is 16.0 Å². The summed E-state index contributed by atoms with van der Waals surface area (Å²) in [5.41, 5.74) is 6.23. The summed E-state index contributed by atoms with van der Waals surface area (Å²) < 4.78 is 13.0. The quantitative estimate of drug-likeness (QED) is 0.881. The summed E-state index contributed by atoms with van der Waals surface area (Å²) in [6.45, 7) is 0. The molecule has 0 aliphatic carbocycles. The van der Waals surface area contributed by atoms with E-state index in [1.54, 1.807) is 0 Å². The van der Waals surface area contributed by atoms with E-state index < -0.39 is 5.82 Å². The molecular formula is C10H7Cl2FN4. The molecule has 0 fully saturated rings. The van der Waals surface area contributed by atoms with Gasteiger partial charge in [0.15, 0.2) is 0 Å². The molecule has 0 aliphatic rings. The molecule has 0 atom stereocenters. The van der Waals surface area contributed by atoms with Crippen LogP contribution in [-0.4, -0.2) is 9.97 Å². The maximum absolute atomic E-state index is 13.0. The molecule has 0 aliphatic heterocycles. The number of rotatable bonds is 2. The first kappa shape index (κ1) is 11.9. The average molecular weight is 273 g/mol. The van der Waals surface area contributed by atoms with Crippen LogP contribution in [0, 0.1) is 5.82 Å². The van der Waals surface area contributed by atoms with Crippen molar-refractivity contribution >= 4 is 40.5 Å². The first-order valence-corrected chi connectivity index (χ1v) is 5.31. The zero-order valence-corrected chi connectivity index (χ0v) is 9.93. The third-order valence-corrected chi connectivity index (χ3v) is 2.51. The highest BCUT2D eigenvalue weighted by Gasteiger charge is 2.09. The molecule has 2 rings (SSSR count). The average Bonchev–Trinajstić information content (AvgIpc) is 2.26. The highest BCUT2D eigenvalue weighted by atomic mass is 35.5. The summed E-state index contributed by atoms with van der Waals surface area (Å²) >= 11 is 11.7. The summed E-state index contributed by atoms with van der Waals surface area (Å²) in [4.78, 5) is 7.84. The number of hydrogen-bond donors (Lipinski definition) is 2. The normalized spacial score (nSPS) is 10.3. The number of nitrogens with two attached hydrogens (primary N) is 1. The van der Waals surface area contributed by atoms with Gasteiger partial charge in [0, 0.05) is 0 Å². The summed E-state index contributed by atoms with van der Waals surface area (Å²) in [7, 11) is 0. The van der Waals surface area contributed by atoms with Gasteiger partial charge in [-0.2, -0.15) is 0 Å². The van der Waals surface area contributed by atoms with Gasteiger partial charge < -0.3 is 11.1 Å². The second-order valence-electron chi connectivity index (χ2n) is 3.21. The topological polar surface area (TPSA) is 63.8 Å². The Labute approximate surface area is 107 Å². The maximum Gasteiger partial charge on any atom is 0.227 e. The van der Waals surface area contributed by atoms with Crippen molar-refractivity contribution in [2.75, 3.05) is 11.1 Å². The first-order chi connectivity index (χ1) is 8.06. The molecule has 0 unspecified atom stereocenters. The van der Waals surface area contributed by atoms with Crippen LogP contribution >= 0.6 is 23.2 Å². The predicted octanol–water partition coefficient (Wildman–Crippen LogP) is 3.25. The van der Waals surface area contributed by atoms with E-state index in [1.165, 1.54) is 12.4 Å². The molecule has 4 nitrogen and oxygen atoms in total. The smallest absolute Gasteiger partial charge is 0.227 e. The molecule has 0 radical (unpaired) electrons. The molecule has 1 heterocycles. The molecule has 17 heavy (non-hydrogen) atoms. The number of nitrogens with one attached hydrogen (secondary N) is 1. The maximum atomic E-state index is 13.0. The number of nitrogen functional groups attached to an aromatic ring is 1. The zero-order chi connectivity index (χ0) is 12.4. The van der Waals surface area contributed by atoms with E-state index >= 15 is 0 Å². The van der Waals surface area contributed by atoms with Crippen LogP contribution in [-0.2, 0) is 0 Å². The second kappa shape index (κ2) is 4.73. The van der Waals surface area contributed by atoms with Crippen LogP contribution in [0.25, 0.3) is 0 Å². The Morgan fingerprint density at radius 3 is 2.18 bits per heavy atom. The third-order valence-electron chi connectivity index (χ3n) is 1.92. The molecule has 1 aromatic carbocycles. The van der Waals surface area contributed by atoms with E-state index in [2.05, 4.69) is 15.3 Å². The first-order valence-electron chi connectivity index (χ1n) is 4.55. The lowest BCUT2D eigenvalue weighted by molar-refractivity contribution is 0.628. The number of halogens is 3. The van der Waals surface area contributed by atoms with E-state index in [9.17, 15) is 4.39 Å². The van der Waals surface area contributed by atoms with E-state index in [1.807, 2.05) is 0 Å². The lowest BCUT2D eigenvalue weighted by Crippen LogP contribution is -1.99. The zero-order valence-electron chi connectivity index (χ0n) is 8.42. The van der Waals surface area contributed by atoms with Crippen LogP contribution in [0.4, 0.5) is 21.7 Å². The Morgan fingerprint density at radius 1 is 1.12 bits per heavy atom. The van der Waals surface area contributed by atoms with E-state index in [0.717, 1.165) is 12.1 Å². The van der Waals surface area contributed by atoms with Gasteiger partial charge in [0.05, 0.1) is 33.8 Å². The molecule has 7 heteroatoms. The van der Waals surface area contributed by atoms with Gasteiger partial charge in [0.1, 0.15) is 5.82 Å². The molecule has 0 amide bonds. The fraction of sp³-hybridized carbons (Fsp3) is 0. The van der Waals surface area contributed by atoms with Crippen molar-refractivity contribution < 1.29 is 4.39 Å². The molecule has 0 saturated heterocycles. The number of benzene rings is 1. The molecule has 1 aromatic heterocycles.